The number of anilines is 2. The molecule has 5 heteroatoms. The highest BCUT2D eigenvalue weighted by Gasteiger charge is 2.16. The number of benzene rings is 2. The van der Waals surface area contributed by atoms with Gasteiger partial charge in [-0.1, -0.05) is 18.2 Å². The van der Waals surface area contributed by atoms with Gasteiger partial charge < -0.3 is 15.8 Å². The number of fused-ring (bicyclic) bond motifs is 1. The van der Waals surface area contributed by atoms with E-state index in [1.807, 2.05) is 48.5 Å². The van der Waals surface area contributed by atoms with Crippen molar-refractivity contribution in [1.29, 1.82) is 0 Å². The number of nitrogens with two attached hydrogens (primary N) is 1. The number of methoxy groups -OCH3 is 1. The zero-order valence-corrected chi connectivity index (χ0v) is 12.2. The predicted molar refractivity (Wildman–Crippen MR) is 87.2 cm³/mol. The van der Waals surface area contributed by atoms with Gasteiger partial charge in [-0.2, -0.15) is 0 Å². The molecule has 1 aromatic heterocycles. The maximum absolute atomic E-state index is 12.3. The SMILES string of the molecule is COc1ccc2c(N)c(C(=O)Nc3ccccc3)sc2c1. The first-order valence-electron chi connectivity index (χ1n) is 6.41. The molecule has 106 valence electrons. The molecule has 21 heavy (non-hydrogen) atoms. The zero-order chi connectivity index (χ0) is 14.8. The number of thiophene rings is 1. The number of rotatable bonds is 3. The Balaban J connectivity index is 1.96. The van der Waals surface area contributed by atoms with E-state index in [-0.39, 0.29) is 5.91 Å². The summed E-state index contributed by atoms with van der Waals surface area (Å²) in [6.45, 7) is 0. The maximum atomic E-state index is 12.3. The number of hydrogen-bond acceptors (Lipinski definition) is 4. The minimum absolute atomic E-state index is 0.195. The van der Waals surface area contributed by atoms with Crippen molar-refractivity contribution in [1.82, 2.24) is 0 Å². The molecule has 0 aliphatic rings. The first-order chi connectivity index (χ1) is 10.2. The van der Waals surface area contributed by atoms with E-state index in [2.05, 4.69) is 5.32 Å². The second-order valence-electron chi connectivity index (χ2n) is 4.53. The van der Waals surface area contributed by atoms with E-state index in [1.165, 1.54) is 11.3 Å². The van der Waals surface area contributed by atoms with Crippen LogP contribution in [0.2, 0.25) is 0 Å². The molecule has 0 bridgehead atoms. The minimum Gasteiger partial charge on any atom is -0.497 e. The van der Waals surface area contributed by atoms with Crippen molar-refractivity contribution in [3.63, 3.8) is 0 Å². The van der Waals surface area contributed by atoms with Crippen LogP contribution in [0.15, 0.2) is 48.5 Å². The number of amides is 1. The van der Waals surface area contributed by atoms with Crippen LogP contribution in [0.3, 0.4) is 0 Å². The molecule has 3 rings (SSSR count). The number of nitrogens with one attached hydrogen (secondary N) is 1. The third-order valence-corrected chi connectivity index (χ3v) is 4.34. The lowest BCUT2D eigenvalue weighted by Crippen LogP contribution is -2.11. The van der Waals surface area contributed by atoms with Crippen molar-refractivity contribution >= 4 is 38.7 Å². The van der Waals surface area contributed by atoms with Gasteiger partial charge in [0.05, 0.1) is 12.8 Å². The lowest BCUT2D eigenvalue weighted by molar-refractivity contribution is 0.103. The quantitative estimate of drug-likeness (QED) is 0.774. The van der Waals surface area contributed by atoms with Gasteiger partial charge in [0.25, 0.3) is 5.91 Å². The van der Waals surface area contributed by atoms with E-state index >= 15 is 0 Å². The summed E-state index contributed by atoms with van der Waals surface area (Å²) in [5.41, 5.74) is 7.35. The number of hydrogen-bond donors (Lipinski definition) is 2. The number of para-hydroxylation sites is 1. The Bertz CT molecular complexity index is 797. The van der Waals surface area contributed by atoms with Gasteiger partial charge in [-0.25, -0.2) is 0 Å². The highest BCUT2D eigenvalue weighted by atomic mass is 32.1. The number of nitrogen functional groups attached to an aromatic ring is 1. The molecular formula is C16H14N2O2S. The van der Waals surface area contributed by atoms with Crippen LogP contribution in [0.5, 0.6) is 5.75 Å². The molecule has 0 fully saturated rings. The smallest absolute Gasteiger partial charge is 0.267 e. The summed E-state index contributed by atoms with van der Waals surface area (Å²) < 4.78 is 6.13. The molecule has 0 unspecified atom stereocenters. The Morgan fingerprint density at radius 1 is 1.19 bits per heavy atom. The van der Waals surface area contributed by atoms with Crippen LogP contribution < -0.4 is 15.8 Å². The van der Waals surface area contributed by atoms with E-state index in [0.717, 1.165) is 21.5 Å². The van der Waals surface area contributed by atoms with Crippen molar-refractivity contribution in [2.24, 2.45) is 0 Å². The Kier molecular flexibility index (Phi) is 3.50. The molecule has 0 saturated heterocycles. The average molecular weight is 298 g/mol. The molecule has 1 amide bonds. The zero-order valence-electron chi connectivity index (χ0n) is 11.4. The van der Waals surface area contributed by atoms with E-state index in [4.69, 9.17) is 10.5 Å². The van der Waals surface area contributed by atoms with E-state index < -0.39 is 0 Å². The molecule has 3 aromatic rings. The third-order valence-electron chi connectivity index (χ3n) is 3.17. The van der Waals surface area contributed by atoms with Crippen LogP contribution >= 0.6 is 11.3 Å². The fourth-order valence-electron chi connectivity index (χ4n) is 2.10. The summed E-state index contributed by atoms with van der Waals surface area (Å²) >= 11 is 1.36. The molecule has 1 heterocycles. The van der Waals surface area contributed by atoms with Gasteiger partial charge in [0.15, 0.2) is 0 Å². The molecular weight excluding hydrogens is 284 g/mol. The first-order valence-corrected chi connectivity index (χ1v) is 7.23. The van der Waals surface area contributed by atoms with Gasteiger partial charge in [-0.05, 0) is 30.3 Å². The molecule has 2 aromatic carbocycles. The van der Waals surface area contributed by atoms with Gasteiger partial charge >= 0.3 is 0 Å². The lowest BCUT2D eigenvalue weighted by atomic mass is 10.2. The minimum atomic E-state index is -0.195. The van der Waals surface area contributed by atoms with E-state index in [0.29, 0.717) is 10.6 Å². The van der Waals surface area contributed by atoms with Crippen molar-refractivity contribution in [3.8, 4) is 5.75 Å². The maximum Gasteiger partial charge on any atom is 0.267 e. The normalized spacial score (nSPS) is 10.5. The van der Waals surface area contributed by atoms with E-state index in [9.17, 15) is 4.79 Å². The Hall–Kier alpha value is -2.53. The lowest BCUT2D eigenvalue weighted by Gasteiger charge is -2.03. The summed E-state index contributed by atoms with van der Waals surface area (Å²) in [5, 5.41) is 3.72. The van der Waals surface area contributed by atoms with E-state index in [1.54, 1.807) is 7.11 Å². The second-order valence-corrected chi connectivity index (χ2v) is 5.58. The number of ether oxygens (including phenoxy) is 1. The van der Waals surface area contributed by atoms with Crippen LogP contribution in [-0.4, -0.2) is 13.0 Å². The van der Waals surface area contributed by atoms with Crippen LogP contribution in [0.25, 0.3) is 10.1 Å². The fourth-order valence-corrected chi connectivity index (χ4v) is 3.15. The number of carbonyl (C=O) groups is 1. The van der Waals surface area contributed by atoms with Gasteiger partial charge in [-0.15, -0.1) is 11.3 Å². The molecule has 0 aliphatic heterocycles. The highest BCUT2D eigenvalue weighted by molar-refractivity contribution is 7.21. The number of carbonyl (C=O) groups excluding carboxylic acids is 1. The third kappa shape index (κ3) is 2.55. The first kappa shape index (κ1) is 13.5. The molecule has 4 nitrogen and oxygen atoms in total. The molecule has 0 spiro atoms. The molecule has 0 radical (unpaired) electrons. The second kappa shape index (κ2) is 5.46. The topological polar surface area (TPSA) is 64.3 Å². The Morgan fingerprint density at radius 2 is 1.95 bits per heavy atom. The summed E-state index contributed by atoms with van der Waals surface area (Å²) in [4.78, 5) is 12.9. The van der Waals surface area contributed by atoms with Crippen molar-refractivity contribution in [2.75, 3.05) is 18.2 Å². The van der Waals surface area contributed by atoms with Crippen molar-refractivity contribution in [3.05, 3.63) is 53.4 Å². The highest BCUT2D eigenvalue weighted by Crippen LogP contribution is 2.36. The monoisotopic (exact) mass is 298 g/mol. The molecule has 0 saturated carbocycles. The van der Waals surface area contributed by atoms with Crippen LogP contribution in [0, 0.1) is 0 Å². The summed E-state index contributed by atoms with van der Waals surface area (Å²) in [5.74, 6) is 0.553. The molecule has 0 aliphatic carbocycles. The Labute approximate surface area is 126 Å². The van der Waals surface area contributed by atoms with Crippen LogP contribution in [0.1, 0.15) is 9.67 Å². The Morgan fingerprint density at radius 3 is 2.67 bits per heavy atom. The van der Waals surface area contributed by atoms with Crippen LogP contribution in [-0.2, 0) is 0 Å². The summed E-state index contributed by atoms with van der Waals surface area (Å²) in [6.07, 6.45) is 0. The summed E-state index contributed by atoms with van der Waals surface area (Å²) in [7, 11) is 1.61. The largest absolute Gasteiger partial charge is 0.497 e. The van der Waals surface area contributed by atoms with Crippen LogP contribution in [0.4, 0.5) is 11.4 Å². The van der Waals surface area contributed by atoms with Crippen molar-refractivity contribution in [2.45, 2.75) is 0 Å². The summed E-state index contributed by atoms with van der Waals surface area (Å²) in [6, 6.07) is 14.9. The van der Waals surface area contributed by atoms with Gasteiger partial charge in [0, 0.05) is 15.8 Å². The predicted octanol–water partition coefficient (Wildman–Crippen LogP) is 3.74. The van der Waals surface area contributed by atoms with Gasteiger partial charge in [0.1, 0.15) is 10.6 Å². The average Bonchev–Trinajstić information content (AvgIpc) is 2.85. The van der Waals surface area contributed by atoms with Gasteiger partial charge in [0.2, 0.25) is 0 Å². The standard InChI is InChI=1S/C16H14N2O2S/c1-20-11-7-8-12-13(9-11)21-15(14(12)17)16(19)18-10-5-3-2-4-6-10/h2-9H,17H2,1H3,(H,18,19). The molecule has 0 atom stereocenters. The van der Waals surface area contributed by atoms with Crippen molar-refractivity contribution < 1.29 is 9.53 Å². The van der Waals surface area contributed by atoms with Gasteiger partial charge in [-0.3, -0.25) is 4.79 Å². The molecule has 3 N–H and O–H groups in total. The fraction of sp³-hybridized carbons (Fsp3) is 0.0625.